The number of nitrogens with zero attached hydrogens (tertiary/aromatic N) is 2. The molecule has 0 spiro atoms. The van der Waals surface area contributed by atoms with Crippen molar-refractivity contribution in [1.29, 1.82) is 0 Å². The van der Waals surface area contributed by atoms with Crippen molar-refractivity contribution in [2.45, 2.75) is 0 Å². The maximum atomic E-state index is 2.48. The number of anilines is 3. The Balaban J connectivity index is 1.09. The van der Waals surface area contributed by atoms with E-state index >= 15 is 0 Å². The standard InChI is InChI=1S/C52H34N2S/c1-2-13-35(14-3-1)36-27-30-40(31-28-36)53(47-24-11-16-37-15-4-5-19-42(37)47)41-18-10-17-38(33-41)39-29-32-44-43-20-6-8-23-48(43)54(50(44)34-39)49-25-12-22-46-45-21-7-9-26-51(45)55-52(46)49/h1-34H. The molecule has 0 atom stereocenters. The third-order valence-electron chi connectivity index (χ3n) is 11.0. The molecular weight excluding hydrogens is 685 g/mol. The van der Waals surface area contributed by atoms with Gasteiger partial charge in [0.05, 0.1) is 27.1 Å². The average molecular weight is 719 g/mol. The number of rotatable bonds is 6. The van der Waals surface area contributed by atoms with Crippen molar-refractivity contribution in [1.82, 2.24) is 4.57 Å². The van der Waals surface area contributed by atoms with Crippen LogP contribution in [0.25, 0.3) is 80.7 Å². The highest BCUT2D eigenvalue weighted by molar-refractivity contribution is 7.26. The van der Waals surface area contributed by atoms with E-state index in [1.54, 1.807) is 0 Å². The fourth-order valence-electron chi connectivity index (χ4n) is 8.41. The van der Waals surface area contributed by atoms with Crippen molar-refractivity contribution in [3.8, 4) is 27.9 Å². The lowest BCUT2D eigenvalue weighted by molar-refractivity contribution is 1.20. The van der Waals surface area contributed by atoms with E-state index in [9.17, 15) is 0 Å². The van der Waals surface area contributed by atoms with Crippen molar-refractivity contribution < 1.29 is 0 Å². The van der Waals surface area contributed by atoms with Gasteiger partial charge in [-0.05, 0) is 82.2 Å². The third-order valence-corrected chi connectivity index (χ3v) is 12.2. The zero-order valence-corrected chi connectivity index (χ0v) is 30.7. The Labute approximate surface area is 323 Å². The molecule has 2 aromatic heterocycles. The van der Waals surface area contributed by atoms with Crippen molar-refractivity contribution in [3.05, 3.63) is 206 Å². The van der Waals surface area contributed by atoms with E-state index in [1.807, 2.05) is 11.3 Å². The smallest absolute Gasteiger partial charge is 0.0640 e. The predicted molar refractivity (Wildman–Crippen MR) is 237 cm³/mol. The first-order valence-electron chi connectivity index (χ1n) is 18.8. The van der Waals surface area contributed by atoms with Gasteiger partial charge in [-0.3, -0.25) is 0 Å². The maximum absolute atomic E-state index is 2.48. The summed E-state index contributed by atoms with van der Waals surface area (Å²) in [5, 5.41) is 7.56. The molecule has 0 bridgehead atoms. The van der Waals surface area contributed by atoms with Gasteiger partial charge in [0.15, 0.2) is 0 Å². The van der Waals surface area contributed by atoms with Crippen LogP contribution < -0.4 is 4.90 Å². The van der Waals surface area contributed by atoms with Crippen LogP contribution in [-0.4, -0.2) is 4.57 Å². The first kappa shape index (κ1) is 31.6. The summed E-state index contributed by atoms with van der Waals surface area (Å²) in [6.07, 6.45) is 0. The van der Waals surface area contributed by atoms with Crippen LogP contribution in [0.5, 0.6) is 0 Å². The van der Waals surface area contributed by atoms with Gasteiger partial charge in [-0.2, -0.15) is 0 Å². The molecule has 11 aromatic rings. The van der Waals surface area contributed by atoms with Gasteiger partial charge in [0.25, 0.3) is 0 Å². The zero-order valence-electron chi connectivity index (χ0n) is 29.9. The quantitative estimate of drug-likeness (QED) is 0.166. The number of thiophene rings is 1. The van der Waals surface area contributed by atoms with Gasteiger partial charge in [-0.15, -0.1) is 11.3 Å². The van der Waals surface area contributed by atoms with E-state index in [2.05, 4.69) is 216 Å². The summed E-state index contributed by atoms with van der Waals surface area (Å²) in [4.78, 5) is 2.40. The number of para-hydroxylation sites is 1. The lowest BCUT2D eigenvalue weighted by Crippen LogP contribution is -2.10. The van der Waals surface area contributed by atoms with Crippen LogP contribution in [0.15, 0.2) is 206 Å². The van der Waals surface area contributed by atoms with E-state index in [-0.39, 0.29) is 0 Å². The van der Waals surface area contributed by atoms with Crippen LogP contribution in [0.4, 0.5) is 17.1 Å². The molecule has 0 N–H and O–H groups in total. The molecule has 0 saturated carbocycles. The molecule has 9 aromatic carbocycles. The number of hydrogen-bond donors (Lipinski definition) is 0. The molecule has 0 unspecified atom stereocenters. The van der Waals surface area contributed by atoms with E-state index in [1.165, 1.54) is 80.7 Å². The lowest BCUT2D eigenvalue weighted by atomic mass is 10.0. The number of fused-ring (bicyclic) bond motifs is 7. The second kappa shape index (κ2) is 12.9. The van der Waals surface area contributed by atoms with Gasteiger partial charge in [-0.1, -0.05) is 152 Å². The van der Waals surface area contributed by atoms with Crippen molar-refractivity contribution in [2.75, 3.05) is 4.90 Å². The Morgan fingerprint density at radius 3 is 1.87 bits per heavy atom. The minimum atomic E-state index is 1.11. The van der Waals surface area contributed by atoms with Crippen LogP contribution in [0.2, 0.25) is 0 Å². The van der Waals surface area contributed by atoms with E-state index in [0.29, 0.717) is 0 Å². The SMILES string of the molecule is c1ccc(-c2ccc(N(c3cccc(-c4ccc5c6ccccc6n(-c6cccc7c6sc6ccccc67)c5c4)c3)c3cccc4ccccc34)cc2)cc1. The molecule has 55 heavy (non-hydrogen) atoms. The topological polar surface area (TPSA) is 8.17 Å². The Hall–Kier alpha value is -6.94. The third kappa shape index (κ3) is 5.24. The Kier molecular flexibility index (Phi) is 7.39. The second-order valence-corrected chi connectivity index (χ2v) is 15.2. The molecule has 0 radical (unpaired) electrons. The van der Waals surface area contributed by atoms with Crippen molar-refractivity contribution >= 4 is 81.1 Å². The minimum absolute atomic E-state index is 1.11. The first-order chi connectivity index (χ1) is 27.3. The van der Waals surface area contributed by atoms with Crippen LogP contribution in [0.1, 0.15) is 0 Å². The summed E-state index contributed by atoms with van der Waals surface area (Å²) in [7, 11) is 0. The fourth-order valence-corrected chi connectivity index (χ4v) is 9.61. The Bertz CT molecular complexity index is 3200. The van der Waals surface area contributed by atoms with Gasteiger partial charge in [0.1, 0.15) is 0 Å². The Morgan fingerprint density at radius 1 is 0.364 bits per heavy atom. The zero-order chi connectivity index (χ0) is 36.3. The number of hydrogen-bond acceptors (Lipinski definition) is 2. The summed E-state index contributed by atoms with van der Waals surface area (Å²) in [6, 6.07) is 75.1. The summed E-state index contributed by atoms with van der Waals surface area (Å²) in [5.74, 6) is 0. The molecule has 0 saturated heterocycles. The highest BCUT2D eigenvalue weighted by Crippen LogP contribution is 2.43. The van der Waals surface area contributed by atoms with Crippen LogP contribution in [0, 0.1) is 0 Å². The average Bonchev–Trinajstić information content (AvgIpc) is 3.80. The van der Waals surface area contributed by atoms with Crippen molar-refractivity contribution in [3.63, 3.8) is 0 Å². The first-order valence-corrected chi connectivity index (χ1v) is 19.6. The van der Waals surface area contributed by atoms with Gasteiger partial charge >= 0.3 is 0 Å². The minimum Gasteiger partial charge on any atom is -0.310 e. The van der Waals surface area contributed by atoms with E-state index in [0.717, 1.165) is 17.1 Å². The highest BCUT2D eigenvalue weighted by atomic mass is 32.1. The molecule has 258 valence electrons. The largest absolute Gasteiger partial charge is 0.310 e. The normalized spacial score (nSPS) is 11.6. The molecule has 0 aliphatic carbocycles. The van der Waals surface area contributed by atoms with Crippen LogP contribution in [-0.2, 0) is 0 Å². The molecule has 2 nitrogen and oxygen atoms in total. The summed E-state index contributed by atoms with van der Waals surface area (Å²) in [5.41, 5.74) is 11.8. The summed E-state index contributed by atoms with van der Waals surface area (Å²) < 4.78 is 5.10. The molecule has 0 amide bonds. The number of aromatic nitrogens is 1. The highest BCUT2D eigenvalue weighted by Gasteiger charge is 2.19. The fraction of sp³-hybridized carbons (Fsp3) is 0. The maximum Gasteiger partial charge on any atom is 0.0640 e. The molecular formula is C52H34N2S. The Morgan fingerprint density at radius 2 is 0.982 bits per heavy atom. The summed E-state index contributed by atoms with van der Waals surface area (Å²) in [6.45, 7) is 0. The molecule has 0 fully saturated rings. The van der Waals surface area contributed by atoms with Crippen LogP contribution in [0.3, 0.4) is 0 Å². The van der Waals surface area contributed by atoms with Crippen LogP contribution >= 0.6 is 11.3 Å². The van der Waals surface area contributed by atoms with Gasteiger partial charge in [0, 0.05) is 43.0 Å². The molecule has 3 heteroatoms. The second-order valence-electron chi connectivity index (χ2n) is 14.1. The molecule has 0 aliphatic heterocycles. The van der Waals surface area contributed by atoms with Gasteiger partial charge in [0.2, 0.25) is 0 Å². The predicted octanol–water partition coefficient (Wildman–Crippen LogP) is 15.1. The molecule has 11 rings (SSSR count). The monoisotopic (exact) mass is 718 g/mol. The summed E-state index contributed by atoms with van der Waals surface area (Å²) >= 11 is 1.88. The van der Waals surface area contributed by atoms with E-state index in [4.69, 9.17) is 0 Å². The molecule has 2 heterocycles. The van der Waals surface area contributed by atoms with Gasteiger partial charge < -0.3 is 9.47 Å². The van der Waals surface area contributed by atoms with Gasteiger partial charge in [-0.25, -0.2) is 0 Å². The van der Waals surface area contributed by atoms with E-state index < -0.39 is 0 Å². The van der Waals surface area contributed by atoms with Crippen molar-refractivity contribution in [2.24, 2.45) is 0 Å². The lowest BCUT2D eigenvalue weighted by Gasteiger charge is -2.27. The number of benzene rings is 9. The molecule has 0 aliphatic rings.